The highest BCUT2D eigenvalue weighted by Crippen LogP contribution is 2.22. The summed E-state index contributed by atoms with van der Waals surface area (Å²) in [6.45, 7) is 2.49. The van der Waals surface area contributed by atoms with E-state index in [0.717, 1.165) is 5.56 Å². The van der Waals surface area contributed by atoms with Gasteiger partial charge in [-0.05, 0) is 30.7 Å². The molecule has 26 heavy (non-hydrogen) atoms. The van der Waals surface area contributed by atoms with Crippen molar-refractivity contribution in [3.8, 4) is 5.75 Å². The maximum absolute atomic E-state index is 12.2. The van der Waals surface area contributed by atoms with E-state index in [1.807, 2.05) is 31.2 Å². The van der Waals surface area contributed by atoms with Gasteiger partial charge in [-0.1, -0.05) is 41.9 Å². The molecule has 1 atom stereocenters. The molecule has 0 bridgehead atoms. The zero-order valence-corrected chi connectivity index (χ0v) is 15.2. The van der Waals surface area contributed by atoms with Crippen molar-refractivity contribution in [2.45, 2.75) is 26.0 Å². The third kappa shape index (κ3) is 5.97. The summed E-state index contributed by atoms with van der Waals surface area (Å²) in [5, 5.41) is 3.10. The first kappa shape index (κ1) is 19.6. The van der Waals surface area contributed by atoms with Crippen molar-refractivity contribution >= 4 is 23.6 Å². The van der Waals surface area contributed by atoms with E-state index in [4.69, 9.17) is 26.8 Å². The highest BCUT2D eigenvalue weighted by molar-refractivity contribution is 6.30. The van der Waals surface area contributed by atoms with Gasteiger partial charge in [-0.25, -0.2) is 4.79 Å². The van der Waals surface area contributed by atoms with Crippen LogP contribution >= 0.6 is 11.6 Å². The number of primary amides is 1. The van der Waals surface area contributed by atoms with E-state index in [1.165, 1.54) is 0 Å². The number of urea groups is 1. The van der Waals surface area contributed by atoms with Gasteiger partial charge < -0.3 is 20.5 Å². The zero-order chi connectivity index (χ0) is 18.9. The normalized spacial score (nSPS) is 11.5. The molecule has 2 aromatic carbocycles. The number of halogens is 1. The summed E-state index contributed by atoms with van der Waals surface area (Å²) in [6.07, 6.45) is -0.0542. The van der Waals surface area contributed by atoms with E-state index in [1.54, 1.807) is 24.3 Å². The molecule has 2 aromatic rings. The molecule has 0 aromatic heterocycles. The Bertz CT molecular complexity index is 749. The number of ether oxygens (including phenoxy) is 2. The number of nitrogens with two attached hydrogens (primary N) is 1. The number of hydrogen-bond acceptors (Lipinski definition) is 4. The molecule has 0 radical (unpaired) electrons. The second-order valence-electron chi connectivity index (χ2n) is 5.52. The summed E-state index contributed by atoms with van der Waals surface area (Å²) in [6, 6.07) is 12.8. The van der Waals surface area contributed by atoms with E-state index in [2.05, 4.69) is 5.32 Å². The topological polar surface area (TPSA) is 90.7 Å². The Kier molecular flexibility index (Phi) is 7.29. The Morgan fingerprint density at radius 1 is 1.15 bits per heavy atom. The van der Waals surface area contributed by atoms with Crippen LogP contribution < -0.4 is 15.8 Å². The van der Waals surface area contributed by atoms with Crippen molar-refractivity contribution in [3.63, 3.8) is 0 Å². The number of carbonyl (C=O) groups excluding carboxylic acids is 2. The van der Waals surface area contributed by atoms with Gasteiger partial charge >= 0.3 is 12.0 Å². The number of benzene rings is 2. The lowest BCUT2D eigenvalue weighted by molar-refractivity contribution is -0.145. The predicted molar refractivity (Wildman–Crippen MR) is 98.9 cm³/mol. The van der Waals surface area contributed by atoms with Crippen LogP contribution in [0.2, 0.25) is 5.02 Å². The van der Waals surface area contributed by atoms with Crippen LogP contribution in [-0.2, 0) is 16.1 Å². The third-order valence-corrected chi connectivity index (χ3v) is 3.87. The highest BCUT2D eigenvalue weighted by atomic mass is 35.5. The highest BCUT2D eigenvalue weighted by Gasteiger charge is 2.19. The third-order valence-electron chi connectivity index (χ3n) is 3.62. The largest absolute Gasteiger partial charge is 0.493 e. The fourth-order valence-corrected chi connectivity index (χ4v) is 2.55. The molecule has 3 N–H and O–H groups in total. The molecular formula is C19H21ClN2O4. The number of rotatable bonds is 8. The van der Waals surface area contributed by atoms with Crippen LogP contribution in [0.1, 0.15) is 30.5 Å². The second kappa shape index (κ2) is 9.68. The van der Waals surface area contributed by atoms with Gasteiger partial charge in [0.05, 0.1) is 19.1 Å². The maximum Gasteiger partial charge on any atom is 0.312 e. The lowest BCUT2D eigenvalue weighted by Crippen LogP contribution is -2.34. The number of nitrogens with one attached hydrogen (secondary N) is 1. The van der Waals surface area contributed by atoms with Gasteiger partial charge in [-0.2, -0.15) is 0 Å². The maximum atomic E-state index is 12.2. The Morgan fingerprint density at radius 2 is 1.85 bits per heavy atom. The average molecular weight is 377 g/mol. The van der Waals surface area contributed by atoms with Crippen LogP contribution in [0.5, 0.6) is 5.75 Å². The Morgan fingerprint density at radius 3 is 2.50 bits per heavy atom. The Balaban J connectivity index is 2.01. The number of para-hydroxylation sites is 1. The van der Waals surface area contributed by atoms with Gasteiger partial charge in [-0.15, -0.1) is 0 Å². The molecule has 2 rings (SSSR count). The monoisotopic (exact) mass is 376 g/mol. The predicted octanol–water partition coefficient (Wildman–Crippen LogP) is 3.58. The second-order valence-corrected chi connectivity index (χ2v) is 5.95. The lowest BCUT2D eigenvalue weighted by Gasteiger charge is -2.18. The standard InChI is InChI=1S/C19H21ClN2O4/c1-2-25-17-6-4-3-5-14(17)12-26-18(23)11-16(22-19(21)24)13-7-9-15(20)10-8-13/h3-10,16H,2,11-12H2,1H3,(H3,21,22,24)/t16-/m0/s1. The summed E-state index contributed by atoms with van der Waals surface area (Å²) < 4.78 is 10.8. The first-order valence-corrected chi connectivity index (χ1v) is 8.55. The summed E-state index contributed by atoms with van der Waals surface area (Å²) in [5.74, 6) is 0.206. The molecule has 0 unspecified atom stereocenters. The number of carbonyl (C=O) groups is 2. The average Bonchev–Trinajstić information content (AvgIpc) is 2.61. The summed E-state index contributed by atoms with van der Waals surface area (Å²) in [4.78, 5) is 23.5. The molecule has 7 heteroatoms. The number of hydrogen-bond donors (Lipinski definition) is 2. The van der Waals surface area contributed by atoms with Crippen molar-refractivity contribution in [2.75, 3.05) is 6.61 Å². The molecule has 138 valence electrons. The molecule has 0 aliphatic rings. The van der Waals surface area contributed by atoms with Crippen LogP contribution in [-0.4, -0.2) is 18.6 Å². The van der Waals surface area contributed by atoms with Crippen molar-refractivity contribution in [1.29, 1.82) is 0 Å². The SMILES string of the molecule is CCOc1ccccc1COC(=O)C[C@H](NC(N)=O)c1ccc(Cl)cc1. The van der Waals surface area contributed by atoms with Crippen LogP contribution in [0.25, 0.3) is 0 Å². The van der Waals surface area contributed by atoms with Crippen LogP contribution in [0.15, 0.2) is 48.5 Å². The molecule has 0 spiro atoms. The number of esters is 1. The minimum absolute atomic E-state index is 0.0542. The van der Waals surface area contributed by atoms with Crippen LogP contribution in [0.4, 0.5) is 4.79 Å². The molecule has 0 aliphatic heterocycles. The molecule has 0 saturated heterocycles. The van der Waals surface area contributed by atoms with Gasteiger partial charge in [0.1, 0.15) is 12.4 Å². The summed E-state index contributed by atoms with van der Waals surface area (Å²) in [5.41, 5.74) is 6.69. The van der Waals surface area contributed by atoms with Gasteiger partial charge in [0.25, 0.3) is 0 Å². The van der Waals surface area contributed by atoms with E-state index in [0.29, 0.717) is 22.9 Å². The minimum atomic E-state index is -0.723. The minimum Gasteiger partial charge on any atom is -0.493 e. The molecule has 0 aliphatic carbocycles. The molecule has 6 nitrogen and oxygen atoms in total. The molecule has 0 saturated carbocycles. The van der Waals surface area contributed by atoms with Crippen molar-refractivity contribution in [1.82, 2.24) is 5.32 Å². The Labute approximate surface area is 157 Å². The van der Waals surface area contributed by atoms with Crippen molar-refractivity contribution < 1.29 is 19.1 Å². The van der Waals surface area contributed by atoms with E-state index >= 15 is 0 Å². The summed E-state index contributed by atoms with van der Waals surface area (Å²) in [7, 11) is 0. The molecule has 2 amide bonds. The first-order chi connectivity index (χ1) is 12.5. The van der Waals surface area contributed by atoms with Gasteiger partial charge in [0.2, 0.25) is 0 Å². The quantitative estimate of drug-likeness (QED) is 0.689. The fourth-order valence-electron chi connectivity index (χ4n) is 2.42. The molecule has 0 heterocycles. The van der Waals surface area contributed by atoms with Crippen LogP contribution in [0, 0.1) is 0 Å². The smallest absolute Gasteiger partial charge is 0.312 e. The van der Waals surface area contributed by atoms with Gasteiger partial charge in [0, 0.05) is 10.6 Å². The lowest BCUT2D eigenvalue weighted by atomic mass is 10.0. The summed E-state index contributed by atoms with van der Waals surface area (Å²) >= 11 is 5.87. The fraction of sp³-hybridized carbons (Fsp3) is 0.263. The van der Waals surface area contributed by atoms with Crippen molar-refractivity contribution in [3.05, 3.63) is 64.7 Å². The van der Waals surface area contributed by atoms with E-state index < -0.39 is 18.0 Å². The van der Waals surface area contributed by atoms with Gasteiger partial charge in [-0.3, -0.25) is 4.79 Å². The number of amides is 2. The first-order valence-electron chi connectivity index (χ1n) is 8.17. The zero-order valence-electron chi connectivity index (χ0n) is 14.4. The van der Waals surface area contributed by atoms with E-state index in [9.17, 15) is 9.59 Å². The van der Waals surface area contributed by atoms with E-state index in [-0.39, 0.29) is 13.0 Å². The molecular weight excluding hydrogens is 356 g/mol. The van der Waals surface area contributed by atoms with Crippen LogP contribution in [0.3, 0.4) is 0 Å². The van der Waals surface area contributed by atoms with Crippen molar-refractivity contribution in [2.24, 2.45) is 5.73 Å². The molecule has 0 fully saturated rings. The van der Waals surface area contributed by atoms with Gasteiger partial charge in [0.15, 0.2) is 0 Å². The Hall–Kier alpha value is -2.73.